The third-order valence-corrected chi connectivity index (χ3v) is 2.30. The summed E-state index contributed by atoms with van der Waals surface area (Å²) in [6.45, 7) is 0. The van der Waals surface area contributed by atoms with E-state index < -0.39 is 0 Å². The summed E-state index contributed by atoms with van der Waals surface area (Å²) in [5.41, 5.74) is 0. The molecule has 0 aliphatic carbocycles. The summed E-state index contributed by atoms with van der Waals surface area (Å²) in [6, 6.07) is 3.80. The Labute approximate surface area is 82.7 Å². The highest BCUT2D eigenvalue weighted by Crippen LogP contribution is 2.21. The second-order valence-corrected chi connectivity index (χ2v) is 3.50. The van der Waals surface area contributed by atoms with Gasteiger partial charge in [0.2, 0.25) is 0 Å². The minimum Gasteiger partial charge on any atom is -0.249 e. The SMILES string of the molecule is Clc1nccc2cc(Br)ncc12. The molecule has 0 aromatic carbocycles. The Balaban J connectivity index is 2.86. The highest BCUT2D eigenvalue weighted by Gasteiger charge is 1.99. The summed E-state index contributed by atoms with van der Waals surface area (Å²) >= 11 is 9.13. The molecule has 0 fully saturated rings. The molecule has 60 valence electrons. The van der Waals surface area contributed by atoms with E-state index in [0.717, 1.165) is 15.4 Å². The van der Waals surface area contributed by atoms with Crippen molar-refractivity contribution >= 4 is 38.3 Å². The Kier molecular flexibility index (Phi) is 1.98. The Morgan fingerprint density at radius 3 is 3.00 bits per heavy atom. The van der Waals surface area contributed by atoms with Crippen LogP contribution in [0.15, 0.2) is 29.1 Å². The number of hydrogen-bond donors (Lipinski definition) is 0. The smallest absolute Gasteiger partial charge is 0.138 e. The molecule has 2 heterocycles. The number of pyridine rings is 2. The van der Waals surface area contributed by atoms with Crippen LogP contribution in [0.4, 0.5) is 0 Å². The molecule has 2 aromatic rings. The maximum atomic E-state index is 5.84. The molecule has 0 spiro atoms. The Bertz CT molecular complexity index is 430. The molecule has 4 heteroatoms. The van der Waals surface area contributed by atoms with Gasteiger partial charge in [-0.3, -0.25) is 0 Å². The van der Waals surface area contributed by atoms with Gasteiger partial charge in [0, 0.05) is 17.8 Å². The van der Waals surface area contributed by atoms with Gasteiger partial charge in [-0.1, -0.05) is 11.6 Å². The van der Waals surface area contributed by atoms with E-state index >= 15 is 0 Å². The monoisotopic (exact) mass is 242 g/mol. The van der Waals surface area contributed by atoms with Crippen molar-refractivity contribution in [2.24, 2.45) is 0 Å². The van der Waals surface area contributed by atoms with Gasteiger partial charge in [-0.25, -0.2) is 9.97 Å². The van der Waals surface area contributed by atoms with E-state index in [2.05, 4.69) is 25.9 Å². The minimum atomic E-state index is 0.493. The molecule has 0 amide bonds. The number of rotatable bonds is 0. The van der Waals surface area contributed by atoms with Crippen LogP contribution >= 0.6 is 27.5 Å². The molecule has 0 aliphatic rings. The first-order valence-electron chi connectivity index (χ1n) is 3.33. The topological polar surface area (TPSA) is 25.8 Å². The van der Waals surface area contributed by atoms with Crippen LogP contribution in [-0.2, 0) is 0 Å². The summed E-state index contributed by atoms with van der Waals surface area (Å²) in [7, 11) is 0. The average Bonchev–Trinajstić information content (AvgIpc) is 2.04. The molecule has 0 bridgehead atoms. The molecule has 0 radical (unpaired) electrons. The van der Waals surface area contributed by atoms with Gasteiger partial charge in [-0.05, 0) is 33.4 Å². The van der Waals surface area contributed by atoms with E-state index in [1.165, 1.54) is 0 Å². The van der Waals surface area contributed by atoms with E-state index in [0.29, 0.717) is 5.15 Å². The summed E-state index contributed by atoms with van der Waals surface area (Å²) in [5.74, 6) is 0. The van der Waals surface area contributed by atoms with E-state index in [1.807, 2.05) is 12.1 Å². The van der Waals surface area contributed by atoms with Crippen LogP contribution in [0.25, 0.3) is 10.8 Å². The molecule has 0 aliphatic heterocycles. The zero-order valence-corrected chi connectivity index (χ0v) is 8.30. The van der Waals surface area contributed by atoms with E-state index in [9.17, 15) is 0 Å². The van der Waals surface area contributed by atoms with Crippen LogP contribution in [0.1, 0.15) is 0 Å². The predicted octanol–water partition coefficient (Wildman–Crippen LogP) is 3.05. The van der Waals surface area contributed by atoms with Crippen molar-refractivity contribution in [3.8, 4) is 0 Å². The van der Waals surface area contributed by atoms with E-state index in [4.69, 9.17) is 11.6 Å². The molecule has 0 saturated carbocycles. The standard InChI is InChI=1S/C8H4BrClN2/c9-7-3-5-1-2-11-8(10)6(5)4-12-7/h1-4H. The van der Waals surface area contributed by atoms with Crippen molar-refractivity contribution in [1.29, 1.82) is 0 Å². The molecule has 2 rings (SSSR count). The highest BCUT2D eigenvalue weighted by molar-refractivity contribution is 9.10. The summed E-state index contributed by atoms with van der Waals surface area (Å²) < 4.78 is 0.803. The third kappa shape index (κ3) is 1.30. The van der Waals surface area contributed by atoms with Gasteiger partial charge in [0.15, 0.2) is 0 Å². The van der Waals surface area contributed by atoms with Gasteiger partial charge < -0.3 is 0 Å². The quantitative estimate of drug-likeness (QED) is 0.665. The fraction of sp³-hybridized carbons (Fsp3) is 0. The Morgan fingerprint density at radius 1 is 1.33 bits per heavy atom. The van der Waals surface area contributed by atoms with Gasteiger partial charge in [0.05, 0.1) is 0 Å². The highest BCUT2D eigenvalue weighted by atomic mass is 79.9. The van der Waals surface area contributed by atoms with Crippen molar-refractivity contribution < 1.29 is 0 Å². The lowest BCUT2D eigenvalue weighted by Crippen LogP contribution is -1.81. The van der Waals surface area contributed by atoms with Crippen molar-refractivity contribution in [2.45, 2.75) is 0 Å². The molecule has 0 unspecified atom stereocenters. The van der Waals surface area contributed by atoms with Gasteiger partial charge >= 0.3 is 0 Å². The lowest BCUT2D eigenvalue weighted by molar-refractivity contribution is 1.28. The van der Waals surface area contributed by atoms with Crippen molar-refractivity contribution in [3.05, 3.63) is 34.3 Å². The number of halogens is 2. The van der Waals surface area contributed by atoms with Gasteiger partial charge in [-0.2, -0.15) is 0 Å². The van der Waals surface area contributed by atoms with Crippen LogP contribution in [0, 0.1) is 0 Å². The maximum Gasteiger partial charge on any atom is 0.138 e. The van der Waals surface area contributed by atoms with Crippen LogP contribution in [-0.4, -0.2) is 9.97 Å². The van der Waals surface area contributed by atoms with Crippen LogP contribution in [0.5, 0.6) is 0 Å². The second-order valence-electron chi connectivity index (χ2n) is 2.33. The van der Waals surface area contributed by atoms with Crippen LogP contribution in [0.3, 0.4) is 0 Å². The molecular weight excluding hydrogens is 239 g/mol. The average molecular weight is 243 g/mol. The zero-order chi connectivity index (χ0) is 8.55. The van der Waals surface area contributed by atoms with Crippen LogP contribution < -0.4 is 0 Å². The predicted molar refractivity (Wildman–Crippen MR) is 52.2 cm³/mol. The second kappa shape index (κ2) is 2.99. The number of fused-ring (bicyclic) bond motifs is 1. The fourth-order valence-electron chi connectivity index (χ4n) is 1.01. The summed E-state index contributed by atoms with van der Waals surface area (Å²) in [4.78, 5) is 8.01. The first-order valence-corrected chi connectivity index (χ1v) is 4.50. The number of hydrogen-bond acceptors (Lipinski definition) is 2. The molecule has 0 atom stereocenters. The first-order chi connectivity index (χ1) is 5.77. The van der Waals surface area contributed by atoms with Crippen molar-refractivity contribution in [3.63, 3.8) is 0 Å². The molecule has 0 saturated heterocycles. The molecule has 12 heavy (non-hydrogen) atoms. The van der Waals surface area contributed by atoms with Gasteiger partial charge in [0.25, 0.3) is 0 Å². The Morgan fingerprint density at radius 2 is 2.17 bits per heavy atom. The molecule has 0 N–H and O–H groups in total. The van der Waals surface area contributed by atoms with Crippen molar-refractivity contribution in [2.75, 3.05) is 0 Å². The number of nitrogens with zero attached hydrogens (tertiary/aromatic N) is 2. The normalized spacial score (nSPS) is 10.5. The molecular formula is C8H4BrClN2. The third-order valence-electron chi connectivity index (χ3n) is 1.57. The first kappa shape index (κ1) is 7.95. The molecule has 2 nitrogen and oxygen atoms in total. The number of aromatic nitrogens is 2. The summed E-state index contributed by atoms with van der Waals surface area (Å²) in [5, 5.41) is 2.41. The lowest BCUT2D eigenvalue weighted by Gasteiger charge is -1.97. The van der Waals surface area contributed by atoms with Gasteiger partial charge in [-0.15, -0.1) is 0 Å². The maximum absolute atomic E-state index is 5.84. The molecule has 2 aromatic heterocycles. The largest absolute Gasteiger partial charge is 0.249 e. The van der Waals surface area contributed by atoms with Crippen molar-refractivity contribution in [1.82, 2.24) is 9.97 Å². The fourth-order valence-corrected chi connectivity index (χ4v) is 1.57. The van der Waals surface area contributed by atoms with Gasteiger partial charge in [0.1, 0.15) is 9.76 Å². The lowest BCUT2D eigenvalue weighted by atomic mass is 10.2. The minimum absolute atomic E-state index is 0.493. The van der Waals surface area contributed by atoms with Crippen LogP contribution in [0.2, 0.25) is 5.15 Å². The Hall–Kier alpha value is -0.670. The van der Waals surface area contributed by atoms with E-state index in [-0.39, 0.29) is 0 Å². The summed E-state index contributed by atoms with van der Waals surface area (Å²) in [6.07, 6.45) is 3.38. The zero-order valence-electron chi connectivity index (χ0n) is 5.96. The van der Waals surface area contributed by atoms with E-state index in [1.54, 1.807) is 12.4 Å².